The Hall–Kier alpha value is -2.51. The molecule has 0 aliphatic heterocycles. The first-order valence-corrected chi connectivity index (χ1v) is 12.3. The summed E-state index contributed by atoms with van der Waals surface area (Å²) in [5.41, 5.74) is 2.06. The average Bonchev–Trinajstić information content (AvgIpc) is 3.18. The highest BCUT2D eigenvalue weighted by Gasteiger charge is 2.22. The number of nitrogens with one attached hydrogen (secondary N) is 1. The van der Waals surface area contributed by atoms with Crippen LogP contribution in [0.25, 0.3) is 0 Å². The van der Waals surface area contributed by atoms with E-state index in [1.165, 1.54) is 22.2 Å². The Morgan fingerprint density at radius 3 is 2.52 bits per heavy atom. The highest BCUT2D eigenvalue weighted by atomic mass is 32.2. The van der Waals surface area contributed by atoms with Crippen LogP contribution in [0.1, 0.15) is 31.7 Å². The normalized spacial score (nSPS) is 11.8. The van der Waals surface area contributed by atoms with Gasteiger partial charge >= 0.3 is 0 Å². The first kappa shape index (κ1) is 23.2. The minimum Gasteiger partial charge on any atom is -0.325 e. The number of aromatic nitrogens is 3. The van der Waals surface area contributed by atoms with Crippen LogP contribution in [0, 0.1) is 0 Å². The number of rotatable bonds is 11. The van der Waals surface area contributed by atoms with Crippen molar-refractivity contribution in [2.45, 2.75) is 54.3 Å². The van der Waals surface area contributed by atoms with Crippen LogP contribution in [0.4, 0.5) is 5.69 Å². The maximum absolute atomic E-state index is 12.9. The molecule has 0 radical (unpaired) electrons. The first-order chi connectivity index (χ1) is 15.1. The van der Waals surface area contributed by atoms with Gasteiger partial charge in [-0.25, -0.2) is 0 Å². The molecule has 0 saturated heterocycles. The van der Waals surface area contributed by atoms with Gasteiger partial charge in [-0.05, 0) is 42.7 Å². The second-order valence-electron chi connectivity index (χ2n) is 6.95. The molecule has 0 aliphatic rings. The number of anilines is 1. The van der Waals surface area contributed by atoms with E-state index in [2.05, 4.69) is 41.1 Å². The van der Waals surface area contributed by atoms with Gasteiger partial charge in [0.25, 0.3) is 0 Å². The van der Waals surface area contributed by atoms with Crippen LogP contribution in [0.5, 0.6) is 0 Å². The number of hydrogen-bond donors (Lipinski definition) is 1. The second kappa shape index (κ2) is 11.8. The lowest BCUT2D eigenvalue weighted by Gasteiger charge is -2.15. The standard InChI is InChI=1S/C24H28N4OS2/c1-4-16-28-22(17-30-20-10-8-7-9-11-20)26-27-24(28)31-21(6-3)23(29)25-19-14-12-18(5-2)13-15-19/h4,7-15,21H,1,5-6,16-17H2,2-3H3,(H,25,29). The molecule has 1 heterocycles. The van der Waals surface area contributed by atoms with Crippen LogP contribution < -0.4 is 5.32 Å². The van der Waals surface area contributed by atoms with Gasteiger partial charge in [-0.15, -0.1) is 28.5 Å². The van der Waals surface area contributed by atoms with Gasteiger partial charge < -0.3 is 9.88 Å². The summed E-state index contributed by atoms with van der Waals surface area (Å²) in [6.45, 7) is 8.60. The Morgan fingerprint density at radius 1 is 1.13 bits per heavy atom. The summed E-state index contributed by atoms with van der Waals surface area (Å²) < 4.78 is 2.04. The van der Waals surface area contributed by atoms with Crippen LogP contribution >= 0.6 is 23.5 Å². The second-order valence-corrected chi connectivity index (χ2v) is 9.17. The SMILES string of the molecule is C=CCn1c(CSc2ccccc2)nnc1SC(CC)C(=O)Nc1ccc(CC)cc1. The molecule has 1 aromatic heterocycles. The third kappa shape index (κ3) is 6.48. The smallest absolute Gasteiger partial charge is 0.237 e. The highest BCUT2D eigenvalue weighted by Crippen LogP contribution is 2.28. The van der Waals surface area contributed by atoms with Gasteiger partial charge in [0, 0.05) is 17.1 Å². The van der Waals surface area contributed by atoms with E-state index in [0.717, 1.165) is 23.1 Å². The number of carbonyl (C=O) groups excluding carboxylic acids is 1. The molecule has 1 amide bonds. The average molecular weight is 453 g/mol. The van der Waals surface area contributed by atoms with Gasteiger partial charge in [0.05, 0.1) is 11.0 Å². The van der Waals surface area contributed by atoms with Crippen molar-refractivity contribution in [3.8, 4) is 0 Å². The molecular weight excluding hydrogens is 424 g/mol. The van der Waals surface area contributed by atoms with Crippen molar-refractivity contribution in [2.75, 3.05) is 5.32 Å². The molecule has 5 nitrogen and oxygen atoms in total. The summed E-state index contributed by atoms with van der Waals surface area (Å²) in [4.78, 5) is 14.1. The van der Waals surface area contributed by atoms with Crippen LogP contribution in [0.2, 0.25) is 0 Å². The van der Waals surface area contributed by atoms with Crippen molar-refractivity contribution in [2.24, 2.45) is 0 Å². The zero-order chi connectivity index (χ0) is 22.1. The lowest BCUT2D eigenvalue weighted by atomic mass is 10.1. The van der Waals surface area contributed by atoms with E-state index in [-0.39, 0.29) is 11.2 Å². The third-order valence-electron chi connectivity index (χ3n) is 4.76. The van der Waals surface area contributed by atoms with Gasteiger partial charge in [0.1, 0.15) is 5.82 Å². The number of hydrogen-bond acceptors (Lipinski definition) is 5. The fourth-order valence-corrected chi connectivity index (χ4v) is 4.83. The summed E-state index contributed by atoms with van der Waals surface area (Å²) in [6, 6.07) is 18.2. The Labute approximate surface area is 192 Å². The van der Waals surface area contributed by atoms with Crippen LogP contribution in [0.15, 0.2) is 77.3 Å². The number of benzene rings is 2. The summed E-state index contributed by atoms with van der Waals surface area (Å²) in [7, 11) is 0. The van der Waals surface area contributed by atoms with Gasteiger partial charge in [-0.3, -0.25) is 4.79 Å². The Balaban J connectivity index is 1.68. The summed E-state index contributed by atoms with van der Waals surface area (Å²) in [5.74, 6) is 1.56. The molecule has 1 atom stereocenters. The Kier molecular flexibility index (Phi) is 8.79. The number of allylic oxidation sites excluding steroid dienone is 1. The molecule has 0 saturated carbocycles. The summed E-state index contributed by atoms with van der Waals surface area (Å²) >= 11 is 3.17. The van der Waals surface area contributed by atoms with Crippen molar-refractivity contribution in [3.05, 3.63) is 78.6 Å². The number of thioether (sulfide) groups is 2. The predicted octanol–water partition coefficient (Wildman–Crippen LogP) is 5.83. The summed E-state index contributed by atoms with van der Waals surface area (Å²) in [6.07, 6.45) is 3.50. The molecular formula is C24H28N4OS2. The van der Waals surface area contributed by atoms with Crippen molar-refractivity contribution in [1.29, 1.82) is 0 Å². The lowest BCUT2D eigenvalue weighted by molar-refractivity contribution is -0.115. The summed E-state index contributed by atoms with van der Waals surface area (Å²) in [5, 5.41) is 12.3. The van der Waals surface area contributed by atoms with Crippen molar-refractivity contribution in [3.63, 3.8) is 0 Å². The fourth-order valence-electron chi connectivity index (χ4n) is 2.99. The lowest BCUT2D eigenvalue weighted by Crippen LogP contribution is -2.25. The molecule has 0 bridgehead atoms. The molecule has 0 aliphatic carbocycles. The number of aryl methyl sites for hydroxylation is 1. The van der Waals surface area contributed by atoms with Gasteiger partial charge in [-0.1, -0.05) is 62.0 Å². The maximum atomic E-state index is 12.9. The minimum atomic E-state index is -0.256. The van der Waals surface area contributed by atoms with Crippen molar-refractivity contribution in [1.82, 2.24) is 14.8 Å². The topological polar surface area (TPSA) is 59.8 Å². The van der Waals surface area contributed by atoms with E-state index in [1.54, 1.807) is 11.8 Å². The Morgan fingerprint density at radius 2 is 1.87 bits per heavy atom. The van der Waals surface area contributed by atoms with E-state index in [9.17, 15) is 4.79 Å². The zero-order valence-electron chi connectivity index (χ0n) is 18.0. The molecule has 3 aromatic rings. The monoisotopic (exact) mass is 452 g/mol. The van der Waals surface area contributed by atoms with E-state index in [0.29, 0.717) is 18.7 Å². The van der Waals surface area contributed by atoms with Gasteiger partial charge in [0.15, 0.2) is 5.16 Å². The number of carbonyl (C=O) groups is 1. The quantitative estimate of drug-likeness (QED) is 0.293. The van der Waals surface area contributed by atoms with Gasteiger partial charge in [-0.2, -0.15) is 0 Å². The van der Waals surface area contributed by atoms with Crippen LogP contribution in [0.3, 0.4) is 0 Å². The van der Waals surface area contributed by atoms with Crippen molar-refractivity contribution < 1.29 is 4.79 Å². The minimum absolute atomic E-state index is 0.0230. The van der Waals surface area contributed by atoms with Crippen LogP contribution in [-0.4, -0.2) is 25.9 Å². The van der Waals surface area contributed by atoms with Gasteiger partial charge in [0.2, 0.25) is 5.91 Å². The van der Waals surface area contributed by atoms with Crippen molar-refractivity contribution >= 4 is 35.1 Å². The molecule has 0 spiro atoms. The molecule has 1 unspecified atom stereocenters. The first-order valence-electron chi connectivity index (χ1n) is 10.4. The highest BCUT2D eigenvalue weighted by molar-refractivity contribution is 8.00. The fraction of sp³-hybridized carbons (Fsp3) is 0.292. The van der Waals surface area contributed by atoms with E-state index in [4.69, 9.17) is 0 Å². The maximum Gasteiger partial charge on any atom is 0.237 e. The number of amides is 1. The van der Waals surface area contributed by atoms with E-state index in [1.807, 2.05) is 60.0 Å². The predicted molar refractivity (Wildman–Crippen MR) is 131 cm³/mol. The molecule has 7 heteroatoms. The van der Waals surface area contributed by atoms with E-state index >= 15 is 0 Å². The molecule has 31 heavy (non-hydrogen) atoms. The molecule has 162 valence electrons. The molecule has 0 fully saturated rings. The third-order valence-corrected chi connectivity index (χ3v) is 7.11. The van der Waals surface area contributed by atoms with Crippen LogP contribution in [-0.2, 0) is 23.5 Å². The molecule has 3 rings (SSSR count). The molecule has 1 N–H and O–H groups in total. The largest absolute Gasteiger partial charge is 0.325 e. The number of nitrogens with zero attached hydrogens (tertiary/aromatic N) is 3. The van der Waals surface area contributed by atoms with E-state index < -0.39 is 0 Å². The molecule has 2 aromatic carbocycles. The zero-order valence-corrected chi connectivity index (χ0v) is 19.6. The Bertz CT molecular complexity index is 987.